The number of amides is 1. The number of anilines is 1. The van der Waals surface area contributed by atoms with Crippen LogP contribution in [0.15, 0.2) is 48.0 Å². The molecule has 1 amide bonds. The van der Waals surface area contributed by atoms with Crippen LogP contribution in [0.25, 0.3) is 11.0 Å². The number of carbonyl (C=O) groups excluding carboxylic acids is 1. The summed E-state index contributed by atoms with van der Waals surface area (Å²) in [6.07, 6.45) is 7.83. The summed E-state index contributed by atoms with van der Waals surface area (Å²) in [5, 5.41) is 2.86. The van der Waals surface area contributed by atoms with E-state index in [0.717, 1.165) is 16.6 Å². The number of fused-ring (bicyclic) bond motifs is 1. The van der Waals surface area contributed by atoms with Crippen LogP contribution in [0.3, 0.4) is 0 Å². The molecule has 0 spiro atoms. The van der Waals surface area contributed by atoms with E-state index in [1.165, 1.54) is 12.4 Å². The number of hydrogen-bond acceptors (Lipinski definition) is 7. The Labute approximate surface area is 185 Å². The Morgan fingerprint density at radius 1 is 1.25 bits per heavy atom. The van der Waals surface area contributed by atoms with E-state index in [0.29, 0.717) is 30.9 Å². The largest absolute Gasteiger partial charge is 0.444 e. The number of pyridine rings is 1. The van der Waals surface area contributed by atoms with Crippen molar-refractivity contribution in [2.24, 2.45) is 4.99 Å². The van der Waals surface area contributed by atoms with Crippen LogP contribution in [-0.2, 0) is 4.74 Å². The van der Waals surface area contributed by atoms with Crippen molar-refractivity contribution < 1.29 is 13.9 Å². The first-order chi connectivity index (χ1) is 15.3. The van der Waals surface area contributed by atoms with Gasteiger partial charge in [-0.1, -0.05) is 6.07 Å². The molecule has 0 aliphatic carbocycles. The van der Waals surface area contributed by atoms with Gasteiger partial charge in [0.2, 0.25) is 0 Å². The summed E-state index contributed by atoms with van der Waals surface area (Å²) in [4.78, 5) is 30.9. The monoisotopic (exact) mass is 436 g/mol. The number of nitrogens with one attached hydrogen (secondary N) is 1. The first-order valence-corrected chi connectivity index (χ1v) is 10.4. The molecular weight excluding hydrogens is 411 g/mol. The van der Waals surface area contributed by atoms with E-state index >= 15 is 0 Å². The molecule has 8 nitrogen and oxygen atoms in total. The van der Waals surface area contributed by atoms with E-state index in [1.54, 1.807) is 18.6 Å². The Kier molecular flexibility index (Phi) is 5.98. The molecule has 1 N–H and O–H groups in total. The molecule has 3 heterocycles. The third-order valence-electron chi connectivity index (χ3n) is 4.92. The lowest BCUT2D eigenvalue weighted by Crippen LogP contribution is -2.40. The van der Waals surface area contributed by atoms with Crippen molar-refractivity contribution in [2.45, 2.75) is 38.8 Å². The van der Waals surface area contributed by atoms with E-state index in [-0.39, 0.29) is 6.04 Å². The summed E-state index contributed by atoms with van der Waals surface area (Å²) < 4.78 is 20.1. The molecule has 1 aromatic carbocycles. The van der Waals surface area contributed by atoms with E-state index in [4.69, 9.17) is 4.74 Å². The number of aromatic nitrogens is 3. The van der Waals surface area contributed by atoms with Crippen molar-refractivity contribution >= 4 is 34.7 Å². The van der Waals surface area contributed by atoms with Gasteiger partial charge in [-0.15, -0.1) is 0 Å². The average molecular weight is 436 g/mol. The first-order valence-electron chi connectivity index (χ1n) is 10.4. The maximum atomic E-state index is 14.7. The first kappa shape index (κ1) is 21.6. The van der Waals surface area contributed by atoms with Gasteiger partial charge in [-0.2, -0.15) is 0 Å². The van der Waals surface area contributed by atoms with Gasteiger partial charge in [-0.25, -0.2) is 9.18 Å². The number of carbonyl (C=O) groups is 1. The molecule has 2 aromatic heterocycles. The average Bonchev–Trinajstić information content (AvgIpc) is 3.18. The number of ether oxygens (including phenoxy) is 1. The summed E-state index contributed by atoms with van der Waals surface area (Å²) >= 11 is 0. The molecule has 1 aliphatic rings. The van der Waals surface area contributed by atoms with Crippen molar-refractivity contribution in [1.29, 1.82) is 0 Å². The van der Waals surface area contributed by atoms with Gasteiger partial charge in [0, 0.05) is 31.7 Å². The Hall–Kier alpha value is -3.62. The minimum absolute atomic E-state index is 0.145. The van der Waals surface area contributed by atoms with Crippen molar-refractivity contribution in [3.63, 3.8) is 0 Å². The number of rotatable bonds is 4. The van der Waals surface area contributed by atoms with Crippen molar-refractivity contribution in [3.05, 3.63) is 54.4 Å². The van der Waals surface area contributed by atoms with Gasteiger partial charge in [0.05, 0.1) is 29.5 Å². The molecule has 0 radical (unpaired) electrons. The second kappa shape index (κ2) is 8.86. The Balaban J connectivity index is 1.50. The highest BCUT2D eigenvalue weighted by Crippen LogP contribution is 2.33. The van der Waals surface area contributed by atoms with Gasteiger partial charge >= 0.3 is 6.09 Å². The molecule has 32 heavy (non-hydrogen) atoms. The van der Waals surface area contributed by atoms with Gasteiger partial charge in [0.1, 0.15) is 17.0 Å². The van der Waals surface area contributed by atoms with Gasteiger partial charge in [0.25, 0.3) is 0 Å². The third kappa shape index (κ3) is 5.16. The van der Waals surface area contributed by atoms with E-state index in [2.05, 4.69) is 25.3 Å². The molecule has 1 atom stereocenters. The zero-order chi connectivity index (χ0) is 22.7. The molecule has 1 fully saturated rings. The van der Waals surface area contributed by atoms with Crippen LogP contribution in [-0.4, -0.2) is 52.0 Å². The highest BCUT2D eigenvalue weighted by molar-refractivity contribution is 5.89. The minimum atomic E-state index is -0.574. The molecule has 166 valence electrons. The van der Waals surface area contributed by atoms with Gasteiger partial charge in [0.15, 0.2) is 5.82 Å². The Morgan fingerprint density at radius 3 is 2.81 bits per heavy atom. The van der Waals surface area contributed by atoms with Crippen molar-refractivity contribution in [2.75, 3.05) is 18.0 Å². The maximum Gasteiger partial charge on any atom is 0.407 e. The molecule has 0 saturated carbocycles. The molecular formula is C23H25FN6O2. The second-order valence-corrected chi connectivity index (χ2v) is 8.63. The fourth-order valence-electron chi connectivity index (χ4n) is 3.59. The number of benzene rings is 1. The molecule has 3 aromatic rings. The molecule has 0 bridgehead atoms. The standard InChI is InChI=1S/C23H25FN6O2/c1-23(2,3)32-22(31)29-16-6-9-30(14-16)21-17(24)12-25-13-20(21)28-11-15-4-5-18-19(10-15)27-8-7-26-18/h4-5,7-8,10-13,16H,6,9,14H2,1-3H3,(H,29,31)/b28-11+/t16-/m1/s1. The Bertz CT molecular complexity index is 1160. The van der Waals surface area contributed by atoms with Crippen molar-refractivity contribution in [1.82, 2.24) is 20.3 Å². The number of alkyl carbamates (subject to hydrolysis) is 1. The SMILES string of the molecule is CC(C)(C)OC(=O)N[C@@H]1CCN(c2c(F)cncc2/N=C/c2ccc3nccnc3c2)C1. The second-order valence-electron chi connectivity index (χ2n) is 8.63. The molecule has 0 unspecified atom stereocenters. The van der Waals surface area contributed by atoms with Gasteiger partial charge in [-0.05, 0) is 44.9 Å². The Morgan fingerprint density at radius 2 is 2.03 bits per heavy atom. The summed E-state index contributed by atoms with van der Waals surface area (Å²) in [6.45, 7) is 6.47. The lowest BCUT2D eigenvalue weighted by atomic mass is 10.2. The molecule has 1 aliphatic heterocycles. The van der Waals surface area contributed by atoms with Crippen LogP contribution in [0.4, 0.5) is 20.6 Å². The zero-order valence-electron chi connectivity index (χ0n) is 18.2. The van der Waals surface area contributed by atoms with E-state index in [9.17, 15) is 9.18 Å². The maximum absolute atomic E-state index is 14.7. The molecule has 9 heteroatoms. The lowest BCUT2D eigenvalue weighted by molar-refractivity contribution is 0.0509. The highest BCUT2D eigenvalue weighted by atomic mass is 19.1. The van der Waals surface area contributed by atoms with Crippen LogP contribution in [0.2, 0.25) is 0 Å². The normalized spacial score (nSPS) is 16.6. The number of hydrogen-bond donors (Lipinski definition) is 1. The fraction of sp³-hybridized carbons (Fsp3) is 0.348. The summed E-state index contributed by atoms with van der Waals surface area (Å²) in [6, 6.07) is 5.47. The van der Waals surface area contributed by atoms with Gasteiger partial charge < -0.3 is 15.0 Å². The molecule has 4 rings (SSSR count). The predicted octanol–water partition coefficient (Wildman–Crippen LogP) is 4.02. The quantitative estimate of drug-likeness (QED) is 0.621. The predicted molar refractivity (Wildman–Crippen MR) is 121 cm³/mol. The van der Waals surface area contributed by atoms with Crippen LogP contribution in [0, 0.1) is 5.82 Å². The van der Waals surface area contributed by atoms with Crippen LogP contribution < -0.4 is 10.2 Å². The molecule has 1 saturated heterocycles. The van der Waals surface area contributed by atoms with E-state index < -0.39 is 17.5 Å². The third-order valence-corrected chi connectivity index (χ3v) is 4.92. The van der Waals surface area contributed by atoms with Crippen LogP contribution >= 0.6 is 0 Å². The summed E-state index contributed by atoms with van der Waals surface area (Å²) in [7, 11) is 0. The van der Waals surface area contributed by atoms with Crippen LogP contribution in [0.1, 0.15) is 32.8 Å². The highest BCUT2D eigenvalue weighted by Gasteiger charge is 2.29. The fourth-order valence-corrected chi connectivity index (χ4v) is 3.59. The summed E-state index contributed by atoms with van der Waals surface area (Å²) in [5.41, 5.74) is 2.57. The van der Waals surface area contributed by atoms with Crippen molar-refractivity contribution in [3.8, 4) is 0 Å². The topological polar surface area (TPSA) is 92.6 Å². The zero-order valence-corrected chi connectivity index (χ0v) is 18.2. The number of aliphatic imine (C=N–C) groups is 1. The lowest BCUT2D eigenvalue weighted by Gasteiger charge is -2.23. The number of nitrogens with zero attached hydrogens (tertiary/aromatic N) is 5. The van der Waals surface area contributed by atoms with Gasteiger partial charge in [-0.3, -0.25) is 19.9 Å². The van der Waals surface area contributed by atoms with E-state index in [1.807, 2.05) is 43.9 Å². The number of halogens is 1. The minimum Gasteiger partial charge on any atom is -0.444 e. The summed E-state index contributed by atoms with van der Waals surface area (Å²) in [5.74, 6) is -0.457. The van der Waals surface area contributed by atoms with Crippen LogP contribution in [0.5, 0.6) is 0 Å². The smallest absolute Gasteiger partial charge is 0.407 e.